The number of non-ortho nitro benzene ring substituents is 1. The Morgan fingerprint density at radius 2 is 1.67 bits per heavy atom. The number of nitro benzene ring substituents is 1. The number of amides is 4. The van der Waals surface area contributed by atoms with Gasteiger partial charge in [0.05, 0.1) is 34.9 Å². The number of nitrogens with zero attached hydrogens (tertiary/aromatic N) is 2. The van der Waals surface area contributed by atoms with Gasteiger partial charge in [-0.25, -0.2) is 9.78 Å². The third kappa shape index (κ3) is 11.1. The van der Waals surface area contributed by atoms with Crippen LogP contribution in [0.1, 0.15) is 45.6 Å². The molecular weight excluding hydrogens is 798 g/mol. The van der Waals surface area contributed by atoms with Crippen LogP contribution in [0, 0.1) is 10.1 Å². The number of carbonyl (C=O) groups is 5. The van der Waals surface area contributed by atoms with E-state index in [-0.39, 0.29) is 43.5 Å². The average Bonchev–Trinajstić information content (AvgIpc) is 3.23. The second-order valence-corrected chi connectivity index (χ2v) is 14.7. The molecule has 326 valence electrons. The van der Waals surface area contributed by atoms with Crippen LogP contribution in [0.2, 0.25) is 0 Å². The molecule has 3 aromatic carbocycles. The van der Waals surface area contributed by atoms with Gasteiger partial charge in [-0.15, -0.1) is 0 Å². The predicted octanol–water partition coefficient (Wildman–Crippen LogP) is 1.38. The third-order valence-electron chi connectivity index (χ3n) is 10.3. The van der Waals surface area contributed by atoms with Gasteiger partial charge in [-0.05, 0) is 44.4 Å². The van der Waals surface area contributed by atoms with Crippen molar-refractivity contribution in [3.8, 4) is 0 Å². The number of carbonyl (C=O) groups excluding carboxylic acids is 4. The van der Waals surface area contributed by atoms with Gasteiger partial charge in [-0.1, -0.05) is 54.6 Å². The molecule has 0 spiro atoms. The molecule has 0 bridgehead atoms. The number of ether oxygens (including phenoxy) is 3. The summed E-state index contributed by atoms with van der Waals surface area (Å²) in [7, 11) is 0. The lowest BCUT2D eigenvalue weighted by molar-refractivity contribution is -0.383. The van der Waals surface area contributed by atoms with Gasteiger partial charge < -0.3 is 56.5 Å². The van der Waals surface area contributed by atoms with Gasteiger partial charge in [-0.3, -0.25) is 29.3 Å². The fourth-order valence-electron chi connectivity index (χ4n) is 7.07. The molecule has 61 heavy (non-hydrogen) atoms. The maximum absolute atomic E-state index is 13.5. The van der Waals surface area contributed by atoms with Gasteiger partial charge in [0, 0.05) is 31.3 Å². The number of fused-ring (bicyclic) bond motifs is 2. The van der Waals surface area contributed by atoms with E-state index in [1.165, 1.54) is 32.9 Å². The Balaban J connectivity index is 1.43. The lowest BCUT2D eigenvalue weighted by atomic mass is 9.83. The van der Waals surface area contributed by atoms with Crippen molar-refractivity contribution in [1.29, 1.82) is 0 Å². The van der Waals surface area contributed by atoms with Crippen molar-refractivity contribution in [2.75, 3.05) is 18.5 Å². The standard InChI is InChI=1S/C41H49N7O13/c1-22(37(53)47-29(39(55)56)16-17-31(42)51)44-38(54)23(2)60-35-34(45-24(3)50)40(59-20-25-10-5-4-6-11-25)61-41(21-49,36(35)52)18-19-43-33-26-12-7-8-13-27(26)46-28-14-9-15-30(32(28)33)48(57)58/h4-15,22-23,29,34-36,40,49,52H,16-21H2,1-3H3,(H2,42,51)(H,43,46)(H,44,54)(H,45,50)(H,47,53)(H,55,56)/t22-,23?,29+,34+,35+,36-,40-,41+/m0/s1. The fourth-order valence-corrected chi connectivity index (χ4v) is 7.07. The molecule has 9 N–H and O–H groups in total. The Hall–Kier alpha value is -6.32. The molecule has 1 aromatic heterocycles. The number of nitro groups is 1. The first-order valence-corrected chi connectivity index (χ1v) is 19.4. The Kier molecular flexibility index (Phi) is 15.2. The van der Waals surface area contributed by atoms with Gasteiger partial charge in [0.1, 0.15) is 47.4 Å². The van der Waals surface area contributed by atoms with E-state index in [0.29, 0.717) is 27.7 Å². The van der Waals surface area contributed by atoms with E-state index in [1.807, 2.05) is 0 Å². The van der Waals surface area contributed by atoms with Crippen LogP contribution in [0.4, 0.5) is 11.4 Å². The molecule has 1 unspecified atom stereocenters. The van der Waals surface area contributed by atoms with Crippen molar-refractivity contribution >= 4 is 62.8 Å². The summed E-state index contributed by atoms with van der Waals surface area (Å²) in [5.74, 6) is -4.52. The number of anilines is 1. The van der Waals surface area contributed by atoms with Gasteiger partial charge in [-0.2, -0.15) is 0 Å². The van der Waals surface area contributed by atoms with E-state index in [2.05, 4.69) is 26.3 Å². The Bertz CT molecular complexity index is 2250. The number of aliphatic hydroxyl groups is 2. The number of hydrogen-bond donors (Lipinski definition) is 8. The number of aromatic nitrogens is 1. The van der Waals surface area contributed by atoms with Crippen LogP contribution in [0.15, 0.2) is 72.8 Å². The van der Waals surface area contributed by atoms with Crippen molar-refractivity contribution in [2.45, 2.75) is 95.0 Å². The first kappa shape index (κ1) is 45.8. The number of carboxylic acid groups (broad SMARTS) is 1. The summed E-state index contributed by atoms with van der Waals surface area (Å²) in [6.07, 6.45) is -6.91. The van der Waals surface area contributed by atoms with Crippen molar-refractivity contribution in [2.24, 2.45) is 5.73 Å². The number of nitrogens with one attached hydrogen (secondary N) is 4. The third-order valence-corrected chi connectivity index (χ3v) is 10.3. The van der Waals surface area contributed by atoms with Gasteiger partial charge >= 0.3 is 5.97 Å². The summed E-state index contributed by atoms with van der Waals surface area (Å²) in [5.41, 5.74) is 5.00. The van der Waals surface area contributed by atoms with Gasteiger partial charge in [0.15, 0.2) is 6.29 Å². The minimum atomic E-state index is -1.90. The molecule has 20 heteroatoms. The van der Waals surface area contributed by atoms with E-state index >= 15 is 0 Å². The number of carboxylic acids is 1. The molecule has 5 rings (SSSR count). The van der Waals surface area contributed by atoms with Crippen LogP contribution >= 0.6 is 0 Å². The minimum absolute atomic E-state index is 0.0533. The molecule has 4 amide bonds. The molecular formula is C41H49N7O13. The Morgan fingerprint density at radius 1 is 0.984 bits per heavy atom. The summed E-state index contributed by atoms with van der Waals surface area (Å²) < 4.78 is 18.8. The number of primary amides is 1. The summed E-state index contributed by atoms with van der Waals surface area (Å²) in [6.45, 7) is 2.87. The Labute approximate surface area is 349 Å². The molecule has 8 atom stereocenters. The number of aliphatic hydroxyl groups excluding tert-OH is 2. The Morgan fingerprint density at radius 3 is 2.33 bits per heavy atom. The van der Waals surface area contributed by atoms with Crippen molar-refractivity contribution in [1.82, 2.24) is 20.9 Å². The molecule has 2 heterocycles. The minimum Gasteiger partial charge on any atom is -0.480 e. The van der Waals surface area contributed by atoms with Crippen molar-refractivity contribution < 1.29 is 58.4 Å². The number of benzene rings is 3. The summed E-state index contributed by atoms with van der Waals surface area (Å²) >= 11 is 0. The number of aliphatic carboxylic acids is 1. The van der Waals surface area contributed by atoms with Crippen LogP contribution in [-0.2, 0) is 44.8 Å². The van der Waals surface area contributed by atoms with E-state index < -0.39 is 89.5 Å². The highest BCUT2D eigenvalue weighted by Crippen LogP contribution is 2.39. The number of pyridine rings is 1. The topological polar surface area (TPSA) is 304 Å². The van der Waals surface area contributed by atoms with Crippen LogP contribution in [0.3, 0.4) is 0 Å². The summed E-state index contributed by atoms with van der Waals surface area (Å²) in [6, 6.07) is 16.4. The number of para-hydroxylation sites is 1. The molecule has 0 saturated carbocycles. The lowest BCUT2D eigenvalue weighted by Crippen LogP contribution is -2.71. The molecule has 0 aliphatic carbocycles. The summed E-state index contributed by atoms with van der Waals surface area (Å²) in [5, 5.41) is 56.3. The van der Waals surface area contributed by atoms with Gasteiger partial charge in [0.2, 0.25) is 23.6 Å². The van der Waals surface area contributed by atoms with Crippen LogP contribution in [-0.4, -0.2) is 116 Å². The maximum atomic E-state index is 13.5. The molecule has 20 nitrogen and oxygen atoms in total. The van der Waals surface area contributed by atoms with E-state index in [0.717, 1.165) is 0 Å². The highest BCUT2D eigenvalue weighted by molar-refractivity contribution is 6.11. The van der Waals surface area contributed by atoms with Crippen molar-refractivity contribution in [3.05, 3.63) is 88.5 Å². The zero-order chi connectivity index (χ0) is 44.4. The molecule has 4 aromatic rings. The van der Waals surface area contributed by atoms with E-state index in [4.69, 9.17) is 19.9 Å². The molecule has 0 radical (unpaired) electrons. The van der Waals surface area contributed by atoms with Crippen LogP contribution in [0.25, 0.3) is 21.8 Å². The van der Waals surface area contributed by atoms with Crippen LogP contribution in [0.5, 0.6) is 0 Å². The molecule has 1 aliphatic heterocycles. The fraction of sp³-hybridized carbons (Fsp3) is 0.415. The first-order chi connectivity index (χ1) is 29.0. The number of rotatable bonds is 20. The smallest absolute Gasteiger partial charge is 0.326 e. The highest BCUT2D eigenvalue weighted by Gasteiger charge is 2.56. The average molecular weight is 848 g/mol. The monoisotopic (exact) mass is 847 g/mol. The van der Waals surface area contributed by atoms with E-state index in [1.54, 1.807) is 60.7 Å². The molecule has 1 saturated heterocycles. The normalized spacial score (nSPS) is 21.5. The molecule has 1 fully saturated rings. The number of nitrogens with two attached hydrogens (primary N) is 1. The maximum Gasteiger partial charge on any atom is 0.326 e. The summed E-state index contributed by atoms with van der Waals surface area (Å²) in [4.78, 5) is 78.2. The van der Waals surface area contributed by atoms with Crippen molar-refractivity contribution in [3.63, 3.8) is 0 Å². The molecule has 1 aliphatic rings. The predicted molar refractivity (Wildman–Crippen MR) is 218 cm³/mol. The second kappa shape index (κ2) is 20.3. The SMILES string of the molecule is CC(=O)N[C@H]1[C@@H](OCc2ccccc2)O[C@@](CO)(CCNc2c3ccccc3nc3cccc([N+](=O)[O-])c23)[C@@H](O)[C@@H]1OC(C)C(=O)N[C@@H](C)C(=O)N[C@H](CCC(N)=O)C(=O)O. The number of hydrogen-bond acceptors (Lipinski definition) is 14. The zero-order valence-electron chi connectivity index (χ0n) is 33.6. The lowest BCUT2D eigenvalue weighted by Gasteiger charge is -2.51. The van der Waals surface area contributed by atoms with E-state index in [9.17, 15) is 49.4 Å². The zero-order valence-corrected chi connectivity index (χ0v) is 33.6. The quantitative estimate of drug-likeness (QED) is 0.0354. The first-order valence-electron chi connectivity index (χ1n) is 19.4. The highest BCUT2D eigenvalue weighted by atomic mass is 16.7. The van der Waals surface area contributed by atoms with Crippen LogP contribution < -0.4 is 27.0 Å². The largest absolute Gasteiger partial charge is 0.480 e. The second-order valence-electron chi connectivity index (χ2n) is 14.7. The van der Waals surface area contributed by atoms with Gasteiger partial charge in [0.25, 0.3) is 5.69 Å².